The fourth-order valence-electron chi connectivity index (χ4n) is 4.31. The van der Waals surface area contributed by atoms with E-state index in [9.17, 15) is 0 Å². The molecular weight excluding hydrogens is 360 g/mol. The highest BCUT2D eigenvalue weighted by molar-refractivity contribution is 5.74. The van der Waals surface area contributed by atoms with Crippen LogP contribution >= 0.6 is 0 Å². The lowest BCUT2D eigenvalue weighted by molar-refractivity contribution is 0.409. The van der Waals surface area contributed by atoms with Crippen LogP contribution in [-0.4, -0.2) is 24.0 Å². The lowest BCUT2D eigenvalue weighted by Gasteiger charge is -2.20. The number of ether oxygens (including phenoxy) is 2. The predicted octanol–water partition coefficient (Wildman–Crippen LogP) is 4.47. The lowest BCUT2D eigenvalue weighted by atomic mass is 9.85. The van der Waals surface area contributed by atoms with Crippen molar-refractivity contribution in [3.05, 3.63) is 96.5 Å². The average molecular weight is 383 g/mol. The molecule has 5 radical (unpaired) electrons. The Hall–Kier alpha value is -2.75. The summed E-state index contributed by atoms with van der Waals surface area (Å²) in [7, 11) is 3.43. The summed E-state index contributed by atoms with van der Waals surface area (Å²) in [6.45, 7) is 0.719. The molecule has 2 aliphatic rings. The molecule has 29 heavy (non-hydrogen) atoms. The first-order valence-electron chi connectivity index (χ1n) is 9.89. The van der Waals surface area contributed by atoms with Crippen molar-refractivity contribution in [2.45, 2.75) is 19.4 Å². The van der Waals surface area contributed by atoms with E-state index in [0.29, 0.717) is 0 Å². The third-order valence-electron chi connectivity index (χ3n) is 5.71. The Bertz CT molecular complexity index is 1010. The molecule has 0 unspecified atom stereocenters. The van der Waals surface area contributed by atoms with Crippen molar-refractivity contribution in [1.82, 2.24) is 9.78 Å². The van der Waals surface area contributed by atoms with E-state index in [1.165, 1.54) is 33.9 Å². The Morgan fingerprint density at radius 2 is 1.66 bits per heavy atom. The number of aromatic nitrogens is 2. The molecule has 0 atom stereocenters. The molecule has 4 nitrogen and oxygen atoms in total. The number of methoxy groups -OCH3 is 2. The summed E-state index contributed by atoms with van der Waals surface area (Å²) in [6, 6.07) is 14.5. The van der Waals surface area contributed by atoms with Gasteiger partial charge in [0.05, 0.1) is 32.2 Å². The maximum absolute atomic E-state index is 5.61. The molecule has 0 N–H and O–H groups in total. The normalized spacial score (nSPS) is 15.8. The van der Waals surface area contributed by atoms with Gasteiger partial charge in [0.1, 0.15) is 11.5 Å². The first kappa shape index (κ1) is 18.3. The summed E-state index contributed by atoms with van der Waals surface area (Å²) < 4.78 is 13.1. The van der Waals surface area contributed by atoms with Gasteiger partial charge in [-0.2, -0.15) is 5.10 Å². The molecule has 4 heteroatoms. The number of benzene rings is 2. The van der Waals surface area contributed by atoms with Crippen molar-refractivity contribution >= 4 is 0 Å². The SMILES string of the molecule is COc1ccc(Cn2nc3c(c2[C]2[CH][CH][CH][CH]2)CCc2c(OC)cccc2-3)cc1. The molecule has 0 spiro atoms. The Kier molecular flexibility index (Phi) is 4.78. The second-order valence-electron chi connectivity index (χ2n) is 7.34. The maximum Gasteiger partial charge on any atom is 0.122 e. The molecule has 5 rings (SSSR count). The summed E-state index contributed by atoms with van der Waals surface area (Å²) in [5.74, 6) is 3.04. The summed E-state index contributed by atoms with van der Waals surface area (Å²) >= 11 is 0. The van der Waals surface area contributed by atoms with Gasteiger partial charge in [-0.1, -0.05) is 24.3 Å². The van der Waals surface area contributed by atoms with Gasteiger partial charge >= 0.3 is 0 Å². The summed E-state index contributed by atoms with van der Waals surface area (Å²) in [6.07, 6.45) is 10.4. The van der Waals surface area contributed by atoms with Crippen LogP contribution in [0, 0.1) is 31.6 Å². The van der Waals surface area contributed by atoms with Crippen LogP contribution in [0.25, 0.3) is 11.3 Å². The van der Waals surface area contributed by atoms with Gasteiger partial charge in [0.15, 0.2) is 0 Å². The third kappa shape index (κ3) is 3.21. The topological polar surface area (TPSA) is 36.3 Å². The minimum Gasteiger partial charge on any atom is -0.497 e. The van der Waals surface area contributed by atoms with E-state index in [0.717, 1.165) is 36.6 Å². The number of nitrogens with zero attached hydrogens (tertiary/aromatic N) is 2. The van der Waals surface area contributed by atoms with Crippen LogP contribution in [0.1, 0.15) is 22.4 Å². The van der Waals surface area contributed by atoms with E-state index in [4.69, 9.17) is 14.6 Å². The van der Waals surface area contributed by atoms with Crippen molar-refractivity contribution in [3.63, 3.8) is 0 Å². The van der Waals surface area contributed by atoms with Crippen LogP contribution in [0.2, 0.25) is 0 Å². The molecule has 145 valence electrons. The van der Waals surface area contributed by atoms with Crippen molar-refractivity contribution in [2.24, 2.45) is 0 Å². The zero-order chi connectivity index (χ0) is 19.8. The zero-order valence-electron chi connectivity index (χ0n) is 16.7. The number of fused-ring (bicyclic) bond motifs is 3. The Balaban J connectivity index is 1.60. The van der Waals surface area contributed by atoms with Crippen molar-refractivity contribution in [2.75, 3.05) is 14.2 Å². The smallest absolute Gasteiger partial charge is 0.122 e. The molecule has 0 saturated heterocycles. The van der Waals surface area contributed by atoms with Gasteiger partial charge in [-0.05, 0) is 62.3 Å². The van der Waals surface area contributed by atoms with E-state index in [1.54, 1.807) is 14.2 Å². The molecule has 0 aliphatic heterocycles. The second kappa shape index (κ2) is 7.58. The molecule has 0 bridgehead atoms. The van der Waals surface area contributed by atoms with Gasteiger partial charge in [-0.25, -0.2) is 0 Å². The van der Waals surface area contributed by atoms with E-state index in [2.05, 4.69) is 54.6 Å². The molecule has 3 aromatic rings. The van der Waals surface area contributed by atoms with Gasteiger partial charge in [0.25, 0.3) is 0 Å². The number of rotatable bonds is 5. The van der Waals surface area contributed by atoms with Crippen molar-refractivity contribution in [3.8, 4) is 22.8 Å². The number of hydrogen-bond acceptors (Lipinski definition) is 3. The van der Waals surface area contributed by atoms with Gasteiger partial charge in [-0.3, -0.25) is 4.68 Å². The Morgan fingerprint density at radius 1 is 0.897 bits per heavy atom. The van der Waals surface area contributed by atoms with Crippen LogP contribution in [0.15, 0.2) is 42.5 Å². The van der Waals surface area contributed by atoms with Crippen LogP contribution in [0.4, 0.5) is 0 Å². The molecule has 2 aliphatic carbocycles. The third-order valence-corrected chi connectivity index (χ3v) is 5.71. The first-order valence-corrected chi connectivity index (χ1v) is 9.89. The van der Waals surface area contributed by atoms with Crippen LogP contribution in [0.5, 0.6) is 11.5 Å². The molecule has 1 saturated carbocycles. The van der Waals surface area contributed by atoms with E-state index in [-0.39, 0.29) is 0 Å². The zero-order valence-corrected chi connectivity index (χ0v) is 16.7. The molecule has 2 aromatic carbocycles. The molecule has 1 aromatic heterocycles. The summed E-state index contributed by atoms with van der Waals surface area (Å²) in [5.41, 5.74) is 7.26. The van der Waals surface area contributed by atoms with Gasteiger partial charge < -0.3 is 9.47 Å². The quantitative estimate of drug-likeness (QED) is 0.652. The largest absolute Gasteiger partial charge is 0.497 e. The average Bonchev–Trinajstić information content (AvgIpc) is 3.41. The highest BCUT2D eigenvalue weighted by Crippen LogP contribution is 2.42. The summed E-state index contributed by atoms with van der Waals surface area (Å²) in [5, 5.41) is 5.09. The lowest BCUT2D eigenvalue weighted by Crippen LogP contribution is -2.12. The van der Waals surface area contributed by atoms with Crippen LogP contribution in [0.3, 0.4) is 0 Å². The van der Waals surface area contributed by atoms with E-state index >= 15 is 0 Å². The van der Waals surface area contributed by atoms with Crippen LogP contribution in [-0.2, 0) is 19.4 Å². The standard InChI is InChI=1S/C25H23N2O2/c1-28-19-12-10-17(11-13-19)16-27-25(18-6-3-4-7-18)22-15-14-20-21(24(22)26-27)8-5-9-23(20)29-2/h3-13H,14-16H2,1-2H3. The van der Waals surface area contributed by atoms with Crippen molar-refractivity contribution in [1.29, 1.82) is 0 Å². The van der Waals surface area contributed by atoms with Gasteiger partial charge in [-0.15, -0.1) is 0 Å². The fraction of sp³-hybridized carbons (Fsp3) is 0.200. The maximum atomic E-state index is 5.61. The molecular formula is C25H23N2O2. The second-order valence-corrected chi connectivity index (χ2v) is 7.34. The predicted molar refractivity (Wildman–Crippen MR) is 113 cm³/mol. The molecule has 1 fully saturated rings. The van der Waals surface area contributed by atoms with Gasteiger partial charge in [0, 0.05) is 22.6 Å². The van der Waals surface area contributed by atoms with Crippen LogP contribution < -0.4 is 9.47 Å². The highest BCUT2D eigenvalue weighted by Gasteiger charge is 2.32. The Morgan fingerprint density at radius 3 is 2.38 bits per heavy atom. The molecule has 1 heterocycles. The fourth-order valence-corrected chi connectivity index (χ4v) is 4.31. The highest BCUT2D eigenvalue weighted by atomic mass is 16.5. The van der Waals surface area contributed by atoms with Crippen molar-refractivity contribution < 1.29 is 9.47 Å². The Labute approximate surface area is 172 Å². The minimum atomic E-state index is 0.719. The first-order chi connectivity index (χ1) is 14.3. The van der Waals surface area contributed by atoms with Gasteiger partial charge in [0.2, 0.25) is 0 Å². The summed E-state index contributed by atoms with van der Waals surface area (Å²) in [4.78, 5) is 0. The van der Waals surface area contributed by atoms with E-state index in [1.807, 2.05) is 18.2 Å². The molecule has 0 amide bonds. The minimum absolute atomic E-state index is 0.719. The number of hydrogen-bond donors (Lipinski definition) is 0. The van der Waals surface area contributed by atoms with E-state index < -0.39 is 0 Å². The monoisotopic (exact) mass is 383 g/mol.